The van der Waals surface area contributed by atoms with Gasteiger partial charge in [-0.25, -0.2) is 0 Å². The Bertz CT molecular complexity index is 535. The summed E-state index contributed by atoms with van der Waals surface area (Å²) in [6.45, 7) is 3.75. The molecule has 7 nitrogen and oxygen atoms in total. The van der Waals surface area contributed by atoms with Gasteiger partial charge >= 0.3 is 0 Å². The Labute approximate surface area is 133 Å². The van der Waals surface area contributed by atoms with E-state index in [1.165, 1.54) is 11.3 Å². The summed E-state index contributed by atoms with van der Waals surface area (Å²) >= 11 is 1.31. The third kappa shape index (κ3) is 3.27. The summed E-state index contributed by atoms with van der Waals surface area (Å²) in [4.78, 5) is 28.1. The molecule has 1 N–H and O–H groups in total. The topological polar surface area (TPSA) is 78.4 Å². The van der Waals surface area contributed by atoms with Crippen molar-refractivity contribution in [3.05, 3.63) is 5.51 Å². The number of amides is 2. The van der Waals surface area contributed by atoms with Crippen molar-refractivity contribution < 1.29 is 9.59 Å². The fraction of sp³-hybridized carbons (Fsp3) is 0.714. The Morgan fingerprint density at radius 1 is 1.32 bits per heavy atom. The minimum Gasteiger partial charge on any atom is -0.338 e. The molecule has 0 aliphatic carbocycles. The molecular weight excluding hydrogens is 302 g/mol. The number of anilines is 1. The molecule has 2 saturated heterocycles. The van der Waals surface area contributed by atoms with Crippen LogP contribution in [0.2, 0.25) is 0 Å². The highest BCUT2D eigenvalue weighted by Crippen LogP contribution is 2.29. The van der Waals surface area contributed by atoms with Crippen LogP contribution in [0.5, 0.6) is 0 Å². The number of nitrogens with one attached hydrogen (secondary N) is 1. The Hall–Kier alpha value is -1.54. The SMILES string of the molecule is CC(=O)N1CCC[C@H]1[C@@H]1CCCN1CC(=O)Nc1nncs1. The molecule has 0 unspecified atom stereocenters. The molecule has 8 heteroatoms. The molecule has 2 aliphatic heterocycles. The van der Waals surface area contributed by atoms with Gasteiger partial charge in [0.05, 0.1) is 6.54 Å². The van der Waals surface area contributed by atoms with Crippen LogP contribution >= 0.6 is 11.3 Å². The number of carbonyl (C=O) groups excluding carboxylic acids is 2. The predicted molar refractivity (Wildman–Crippen MR) is 83.5 cm³/mol. The largest absolute Gasteiger partial charge is 0.338 e. The van der Waals surface area contributed by atoms with Gasteiger partial charge in [-0.15, -0.1) is 10.2 Å². The Morgan fingerprint density at radius 2 is 2.09 bits per heavy atom. The van der Waals surface area contributed by atoms with Gasteiger partial charge in [-0.1, -0.05) is 11.3 Å². The normalized spacial score (nSPS) is 25.6. The van der Waals surface area contributed by atoms with E-state index in [-0.39, 0.29) is 17.9 Å². The van der Waals surface area contributed by atoms with E-state index in [0.717, 1.165) is 38.8 Å². The molecule has 2 amide bonds. The van der Waals surface area contributed by atoms with Crippen LogP contribution in [0.4, 0.5) is 5.13 Å². The molecule has 22 heavy (non-hydrogen) atoms. The molecule has 0 radical (unpaired) electrons. The van der Waals surface area contributed by atoms with E-state index in [2.05, 4.69) is 20.4 Å². The van der Waals surface area contributed by atoms with Crippen molar-refractivity contribution >= 4 is 28.3 Å². The van der Waals surface area contributed by atoms with Crippen molar-refractivity contribution in [3.8, 4) is 0 Å². The van der Waals surface area contributed by atoms with Gasteiger partial charge in [0.25, 0.3) is 0 Å². The summed E-state index contributed by atoms with van der Waals surface area (Å²) in [6.07, 6.45) is 4.24. The number of hydrogen-bond acceptors (Lipinski definition) is 6. The van der Waals surface area contributed by atoms with Crippen molar-refractivity contribution in [2.75, 3.05) is 25.0 Å². The van der Waals surface area contributed by atoms with Gasteiger partial charge < -0.3 is 4.90 Å². The Balaban J connectivity index is 1.60. The monoisotopic (exact) mass is 323 g/mol. The maximum Gasteiger partial charge on any atom is 0.240 e. The molecule has 0 aromatic carbocycles. The zero-order valence-corrected chi connectivity index (χ0v) is 13.5. The van der Waals surface area contributed by atoms with Crippen molar-refractivity contribution in [2.45, 2.75) is 44.7 Å². The fourth-order valence-electron chi connectivity index (χ4n) is 3.64. The van der Waals surface area contributed by atoms with E-state index in [9.17, 15) is 9.59 Å². The fourth-order valence-corrected chi connectivity index (χ4v) is 4.10. The number of likely N-dealkylation sites (tertiary alicyclic amines) is 2. The second-order valence-corrected chi connectivity index (χ2v) is 6.73. The quantitative estimate of drug-likeness (QED) is 0.892. The van der Waals surface area contributed by atoms with E-state index in [1.807, 2.05) is 4.90 Å². The van der Waals surface area contributed by atoms with Crippen LogP contribution in [0.1, 0.15) is 32.6 Å². The van der Waals surface area contributed by atoms with Gasteiger partial charge in [-0.2, -0.15) is 0 Å². The molecule has 0 saturated carbocycles. The van der Waals surface area contributed by atoms with E-state index in [4.69, 9.17) is 0 Å². The molecular formula is C14H21N5O2S. The summed E-state index contributed by atoms with van der Waals surface area (Å²) < 4.78 is 0. The average molecular weight is 323 g/mol. The van der Waals surface area contributed by atoms with E-state index < -0.39 is 0 Å². The third-order valence-electron chi connectivity index (χ3n) is 4.52. The minimum atomic E-state index is -0.0592. The van der Waals surface area contributed by atoms with Gasteiger partial charge in [0.1, 0.15) is 5.51 Å². The lowest BCUT2D eigenvalue weighted by Crippen LogP contribution is -2.49. The molecule has 2 atom stereocenters. The summed E-state index contributed by atoms with van der Waals surface area (Å²) in [5.41, 5.74) is 1.59. The van der Waals surface area contributed by atoms with Crippen LogP contribution in [0.25, 0.3) is 0 Å². The maximum absolute atomic E-state index is 12.1. The minimum absolute atomic E-state index is 0.0592. The number of aromatic nitrogens is 2. The molecule has 0 bridgehead atoms. The number of nitrogens with zero attached hydrogens (tertiary/aromatic N) is 4. The van der Waals surface area contributed by atoms with Crippen LogP contribution in [-0.4, -0.2) is 63.5 Å². The standard InChI is InChI=1S/C14H21N5O2S/c1-10(20)19-7-3-5-12(19)11-4-2-6-18(11)8-13(21)16-14-17-15-9-22-14/h9,11-12H,2-8H2,1H3,(H,16,17,21)/t11-,12-/m0/s1. The van der Waals surface area contributed by atoms with Gasteiger partial charge in [-0.05, 0) is 32.2 Å². The van der Waals surface area contributed by atoms with Crippen molar-refractivity contribution in [1.29, 1.82) is 0 Å². The first-order chi connectivity index (χ1) is 10.6. The Morgan fingerprint density at radius 3 is 2.82 bits per heavy atom. The first kappa shape index (κ1) is 15.4. The molecule has 1 aromatic heterocycles. The number of hydrogen-bond donors (Lipinski definition) is 1. The molecule has 0 spiro atoms. The molecule has 1 aromatic rings. The van der Waals surface area contributed by atoms with Crippen LogP contribution in [-0.2, 0) is 9.59 Å². The first-order valence-electron chi connectivity index (χ1n) is 7.72. The molecule has 120 valence electrons. The van der Waals surface area contributed by atoms with Crippen LogP contribution in [0.15, 0.2) is 5.51 Å². The van der Waals surface area contributed by atoms with Crippen LogP contribution < -0.4 is 5.32 Å². The number of rotatable bonds is 4. The van der Waals surface area contributed by atoms with E-state index in [0.29, 0.717) is 17.7 Å². The number of carbonyl (C=O) groups is 2. The summed E-state index contributed by atoms with van der Waals surface area (Å²) in [5.74, 6) is 0.0867. The highest BCUT2D eigenvalue weighted by Gasteiger charge is 2.39. The van der Waals surface area contributed by atoms with Gasteiger partial charge in [0.15, 0.2) is 0 Å². The molecule has 3 rings (SSSR count). The summed E-state index contributed by atoms with van der Waals surface area (Å²) in [7, 11) is 0. The maximum atomic E-state index is 12.1. The van der Waals surface area contributed by atoms with Crippen LogP contribution in [0.3, 0.4) is 0 Å². The van der Waals surface area contributed by atoms with Gasteiger partial charge in [0.2, 0.25) is 16.9 Å². The average Bonchev–Trinajstić information content (AvgIpc) is 3.17. The summed E-state index contributed by atoms with van der Waals surface area (Å²) in [6, 6.07) is 0.556. The lowest BCUT2D eigenvalue weighted by Gasteiger charge is -2.34. The highest BCUT2D eigenvalue weighted by molar-refractivity contribution is 7.13. The smallest absolute Gasteiger partial charge is 0.240 e. The summed E-state index contributed by atoms with van der Waals surface area (Å²) in [5, 5.41) is 10.8. The molecule has 3 heterocycles. The second-order valence-electron chi connectivity index (χ2n) is 5.89. The predicted octanol–water partition coefficient (Wildman–Crippen LogP) is 0.952. The Kier molecular flexibility index (Phi) is 4.68. The first-order valence-corrected chi connectivity index (χ1v) is 8.60. The highest BCUT2D eigenvalue weighted by atomic mass is 32.1. The van der Waals surface area contributed by atoms with Crippen LogP contribution in [0, 0.1) is 0 Å². The lowest BCUT2D eigenvalue weighted by atomic mass is 10.0. The van der Waals surface area contributed by atoms with Gasteiger partial charge in [-0.3, -0.25) is 19.8 Å². The second kappa shape index (κ2) is 6.70. The zero-order valence-electron chi connectivity index (χ0n) is 12.7. The van der Waals surface area contributed by atoms with Crippen molar-refractivity contribution in [2.24, 2.45) is 0 Å². The van der Waals surface area contributed by atoms with Crippen molar-refractivity contribution in [1.82, 2.24) is 20.0 Å². The van der Waals surface area contributed by atoms with E-state index in [1.54, 1.807) is 12.4 Å². The third-order valence-corrected chi connectivity index (χ3v) is 5.12. The molecule has 2 aliphatic rings. The zero-order chi connectivity index (χ0) is 15.5. The van der Waals surface area contributed by atoms with E-state index >= 15 is 0 Å². The van der Waals surface area contributed by atoms with Crippen molar-refractivity contribution in [3.63, 3.8) is 0 Å². The molecule has 2 fully saturated rings. The lowest BCUT2D eigenvalue weighted by molar-refractivity contribution is -0.130. The van der Waals surface area contributed by atoms with Gasteiger partial charge in [0, 0.05) is 25.6 Å².